The Hall–Kier alpha value is -3.27. The van der Waals surface area contributed by atoms with Gasteiger partial charge in [0.1, 0.15) is 12.4 Å². The van der Waals surface area contributed by atoms with Crippen molar-refractivity contribution >= 4 is 11.7 Å². The Balaban J connectivity index is 1.85. The zero-order valence-corrected chi connectivity index (χ0v) is 13.9. The fourth-order valence-electron chi connectivity index (χ4n) is 2.60. The van der Waals surface area contributed by atoms with Crippen molar-refractivity contribution in [3.05, 3.63) is 83.9 Å². The number of hydrogen-bond acceptors (Lipinski definition) is 4. The van der Waals surface area contributed by atoms with Crippen molar-refractivity contribution in [1.82, 2.24) is 0 Å². The molecule has 0 aliphatic rings. The summed E-state index contributed by atoms with van der Waals surface area (Å²) in [5, 5.41) is 0. The molecule has 0 bridgehead atoms. The summed E-state index contributed by atoms with van der Waals surface area (Å²) in [7, 11) is 1.34. The highest BCUT2D eigenvalue weighted by molar-refractivity contribution is 5.99. The standard InChI is InChI=1S/C21H19NO3/c1-24-21(23)19-12-6-11-18(20(19)22)16-9-5-10-17(13-16)25-14-15-7-3-2-4-8-15/h2-13H,14,22H2,1H3. The number of hydrogen-bond donors (Lipinski definition) is 1. The van der Waals surface area contributed by atoms with Crippen LogP contribution in [0.3, 0.4) is 0 Å². The molecule has 0 aliphatic heterocycles. The number of benzene rings is 3. The van der Waals surface area contributed by atoms with Gasteiger partial charge in [-0.3, -0.25) is 0 Å². The smallest absolute Gasteiger partial charge is 0.339 e. The third kappa shape index (κ3) is 3.80. The van der Waals surface area contributed by atoms with Crippen LogP contribution >= 0.6 is 0 Å². The summed E-state index contributed by atoms with van der Waals surface area (Å²) in [6.45, 7) is 0.488. The lowest BCUT2D eigenvalue weighted by molar-refractivity contribution is 0.0602. The van der Waals surface area contributed by atoms with E-state index >= 15 is 0 Å². The van der Waals surface area contributed by atoms with Crippen LogP contribution in [0.15, 0.2) is 72.8 Å². The molecule has 0 amide bonds. The average Bonchev–Trinajstić information content (AvgIpc) is 2.67. The Morgan fingerprint density at radius 3 is 2.48 bits per heavy atom. The fraction of sp³-hybridized carbons (Fsp3) is 0.0952. The van der Waals surface area contributed by atoms with Crippen LogP contribution in [0.4, 0.5) is 5.69 Å². The molecule has 3 aromatic carbocycles. The zero-order valence-electron chi connectivity index (χ0n) is 13.9. The summed E-state index contributed by atoms with van der Waals surface area (Å²) in [6, 6.07) is 22.9. The molecule has 0 saturated carbocycles. The predicted octanol–water partition coefficient (Wildman–Crippen LogP) is 4.30. The lowest BCUT2D eigenvalue weighted by Crippen LogP contribution is -2.06. The van der Waals surface area contributed by atoms with E-state index in [9.17, 15) is 4.79 Å². The van der Waals surface area contributed by atoms with Crippen molar-refractivity contribution in [3.8, 4) is 16.9 Å². The van der Waals surface area contributed by atoms with Crippen molar-refractivity contribution in [1.29, 1.82) is 0 Å². The minimum Gasteiger partial charge on any atom is -0.489 e. The highest BCUT2D eigenvalue weighted by Crippen LogP contribution is 2.31. The van der Waals surface area contributed by atoms with Gasteiger partial charge in [-0.25, -0.2) is 4.79 Å². The Morgan fingerprint density at radius 1 is 0.960 bits per heavy atom. The first-order valence-electron chi connectivity index (χ1n) is 7.93. The predicted molar refractivity (Wildman–Crippen MR) is 98.4 cm³/mol. The van der Waals surface area contributed by atoms with Crippen LogP contribution in [0.5, 0.6) is 5.75 Å². The Morgan fingerprint density at radius 2 is 1.72 bits per heavy atom. The lowest BCUT2D eigenvalue weighted by Gasteiger charge is -2.12. The normalized spacial score (nSPS) is 10.3. The maximum atomic E-state index is 11.8. The van der Waals surface area contributed by atoms with Crippen molar-refractivity contribution in [3.63, 3.8) is 0 Å². The second-order valence-electron chi connectivity index (χ2n) is 5.56. The van der Waals surface area contributed by atoms with E-state index in [4.69, 9.17) is 15.2 Å². The molecule has 4 heteroatoms. The summed E-state index contributed by atoms with van der Waals surface area (Å²) in [4.78, 5) is 11.8. The van der Waals surface area contributed by atoms with E-state index in [1.165, 1.54) is 7.11 Å². The number of ether oxygens (including phenoxy) is 2. The fourth-order valence-corrected chi connectivity index (χ4v) is 2.60. The van der Waals surface area contributed by atoms with Gasteiger partial charge < -0.3 is 15.2 Å². The Labute approximate surface area is 146 Å². The molecule has 0 aliphatic carbocycles. The highest BCUT2D eigenvalue weighted by atomic mass is 16.5. The number of rotatable bonds is 5. The van der Waals surface area contributed by atoms with Crippen LogP contribution in [0.2, 0.25) is 0 Å². The van der Waals surface area contributed by atoms with Crippen LogP contribution in [0.25, 0.3) is 11.1 Å². The molecule has 3 rings (SSSR count). The molecule has 0 atom stereocenters. The van der Waals surface area contributed by atoms with Gasteiger partial charge in [0.2, 0.25) is 0 Å². The molecule has 0 unspecified atom stereocenters. The number of methoxy groups -OCH3 is 1. The monoisotopic (exact) mass is 333 g/mol. The van der Waals surface area contributed by atoms with Crippen molar-refractivity contribution in [2.24, 2.45) is 0 Å². The Kier molecular flexibility index (Phi) is 5.00. The molecule has 0 aromatic heterocycles. The van der Waals surface area contributed by atoms with E-state index in [1.807, 2.05) is 60.7 Å². The van der Waals surface area contributed by atoms with E-state index in [-0.39, 0.29) is 0 Å². The molecule has 2 N–H and O–H groups in total. The number of carbonyl (C=O) groups excluding carboxylic acids is 1. The molecule has 25 heavy (non-hydrogen) atoms. The Bertz CT molecular complexity index is 875. The summed E-state index contributed by atoms with van der Waals surface area (Å²) >= 11 is 0. The number of carbonyl (C=O) groups is 1. The van der Waals surface area contributed by atoms with Gasteiger partial charge in [-0.15, -0.1) is 0 Å². The number of esters is 1. The van der Waals surface area contributed by atoms with Crippen LogP contribution in [-0.2, 0) is 11.3 Å². The van der Waals surface area contributed by atoms with Gasteiger partial charge in [-0.1, -0.05) is 54.6 Å². The van der Waals surface area contributed by atoms with Gasteiger partial charge in [0, 0.05) is 5.56 Å². The minimum absolute atomic E-state index is 0.357. The van der Waals surface area contributed by atoms with E-state index in [0.717, 1.165) is 22.4 Å². The molecular weight excluding hydrogens is 314 g/mol. The quantitative estimate of drug-likeness (QED) is 0.558. The molecule has 4 nitrogen and oxygen atoms in total. The van der Waals surface area contributed by atoms with Gasteiger partial charge in [-0.2, -0.15) is 0 Å². The maximum Gasteiger partial charge on any atom is 0.339 e. The SMILES string of the molecule is COC(=O)c1cccc(-c2cccc(OCc3ccccc3)c2)c1N. The van der Waals surface area contributed by atoms with E-state index < -0.39 is 5.97 Å². The molecule has 0 spiro atoms. The summed E-state index contributed by atoms with van der Waals surface area (Å²) in [5.74, 6) is 0.292. The minimum atomic E-state index is -0.448. The van der Waals surface area contributed by atoms with Gasteiger partial charge in [0.05, 0.1) is 18.4 Å². The van der Waals surface area contributed by atoms with Crippen molar-refractivity contribution in [2.75, 3.05) is 12.8 Å². The molecule has 3 aromatic rings. The first kappa shape index (κ1) is 16.6. The average molecular weight is 333 g/mol. The van der Waals surface area contributed by atoms with Gasteiger partial charge in [-0.05, 0) is 29.3 Å². The van der Waals surface area contributed by atoms with Gasteiger partial charge >= 0.3 is 5.97 Å². The van der Waals surface area contributed by atoms with Crippen LogP contribution in [-0.4, -0.2) is 13.1 Å². The summed E-state index contributed by atoms with van der Waals surface area (Å²) in [6.07, 6.45) is 0. The summed E-state index contributed by atoms with van der Waals surface area (Å²) in [5.41, 5.74) is 9.67. The van der Waals surface area contributed by atoms with Gasteiger partial charge in [0.25, 0.3) is 0 Å². The third-order valence-electron chi connectivity index (χ3n) is 3.90. The molecule has 0 heterocycles. The second-order valence-corrected chi connectivity index (χ2v) is 5.56. The number of para-hydroxylation sites is 1. The highest BCUT2D eigenvalue weighted by Gasteiger charge is 2.14. The molecular formula is C21H19NO3. The summed E-state index contributed by atoms with van der Waals surface area (Å²) < 4.78 is 10.6. The third-order valence-corrected chi connectivity index (χ3v) is 3.90. The van der Waals surface area contributed by atoms with Crippen LogP contribution in [0, 0.1) is 0 Å². The topological polar surface area (TPSA) is 61.5 Å². The van der Waals surface area contributed by atoms with E-state index in [0.29, 0.717) is 17.9 Å². The zero-order chi connectivity index (χ0) is 17.6. The van der Waals surface area contributed by atoms with E-state index in [1.54, 1.807) is 12.1 Å². The van der Waals surface area contributed by atoms with E-state index in [2.05, 4.69) is 0 Å². The maximum absolute atomic E-state index is 11.8. The largest absolute Gasteiger partial charge is 0.489 e. The van der Waals surface area contributed by atoms with Crippen LogP contribution in [0.1, 0.15) is 15.9 Å². The van der Waals surface area contributed by atoms with Crippen molar-refractivity contribution < 1.29 is 14.3 Å². The second kappa shape index (κ2) is 7.53. The van der Waals surface area contributed by atoms with Crippen LogP contribution < -0.4 is 10.5 Å². The number of anilines is 1. The first-order chi connectivity index (χ1) is 12.2. The van der Waals surface area contributed by atoms with Gasteiger partial charge in [0.15, 0.2) is 0 Å². The molecule has 126 valence electrons. The number of nitrogens with two attached hydrogens (primary N) is 1. The molecule has 0 saturated heterocycles. The first-order valence-corrected chi connectivity index (χ1v) is 7.93. The van der Waals surface area contributed by atoms with Crippen molar-refractivity contribution in [2.45, 2.75) is 6.61 Å². The molecule has 0 radical (unpaired) electrons. The molecule has 0 fully saturated rings. The number of nitrogen functional groups attached to an aromatic ring is 1. The lowest BCUT2D eigenvalue weighted by atomic mass is 10.00.